The molecule has 1 aromatic heterocycles. The zero-order chi connectivity index (χ0) is 16.4. The summed E-state index contributed by atoms with van der Waals surface area (Å²) in [5.74, 6) is 0.446. The summed E-state index contributed by atoms with van der Waals surface area (Å²) in [6.07, 6.45) is 0. The molecular weight excluding hydrogens is 324 g/mol. The van der Waals surface area contributed by atoms with Crippen molar-refractivity contribution in [3.05, 3.63) is 27.9 Å². The van der Waals surface area contributed by atoms with Gasteiger partial charge in [0.25, 0.3) is 15.8 Å². The molecule has 0 radical (unpaired) electrons. The van der Waals surface area contributed by atoms with E-state index in [1.807, 2.05) is 0 Å². The Hall–Kier alpha value is -1.33. The first-order valence-corrected chi connectivity index (χ1v) is 8.88. The van der Waals surface area contributed by atoms with Gasteiger partial charge in [0.15, 0.2) is 0 Å². The smallest absolute Gasteiger partial charge is 0.282 e. The highest BCUT2D eigenvalue weighted by molar-refractivity contribution is 7.86. The van der Waals surface area contributed by atoms with Gasteiger partial charge in [-0.25, -0.2) is 4.98 Å². The van der Waals surface area contributed by atoms with Crippen LogP contribution in [0.5, 0.6) is 0 Å². The van der Waals surface area contributed by atoms with Crippen molar-refractivity contribution < 1.29 is 17.9 Å². The molecule has 1 aromatic rings. The molecule has 1 atom stereocenters. The van der Waals surface area contributed by atoms with Gasteiger partial charge in [-0.2, -0.15) is 17.0 Å². The summed E-state index contributed by atoms with van der Waals surface area (Å²) >= 11 is 0. The van der Waals surface area contributed by atoms with E-state index in [4.69, 9.17) is 9.47 Å². The summed E-state index contributed by atoms with van der Waals surface area (Å²) in [7, 11) is -3.65. The largest absolute Gasteiger partial charge is 0.379 e. The first-order chi connectivity index (χ1) is 11.0. The summed E-state index contributed by atoms with van der Waals surface area (Å²) < 4.78 is 39.3. The number of nitrogens with one attached hydrogen (secondary N) is 1. The summed E-state index contributed by atoms with van der Waals surface area (Å²) in [4.78, 5) is 18.5. The average Bonchev–Trinajstić information content (AvgIpc) is 2.55. The fraction of sp³-hybridized carbons (Fsp3) is 0.692. The Kier molecular flexibility index (Phi) is 4.78. The molecule has 2 saturated heterocycles. The summed E-state index contributed by atoms with van der Waals surface area (Å²) in [6, 6.07) is 0.728. The molecule has 0 saturated carbocycles. The van der Waals surface area contributed by atoms with Crippen LogP contribution in [0.4, 0.5) is 0 Å². The van der Waals surface area contributed by atoms with E-state index in [9.17, 15) is 13.2 Å². The van der Waals surface area contributed by atoms with Crippen LogP contribution in [-0.4, -0.2) is 73.1 Å². The predicted molar refractivity (Wildman–Crippen MR) is 81.2 cm³/mol. The fourth-order valence-electron chi connectivity index (χ4n) is 2.80. The molecule has 128 valence electrons. The zero-order valence-electron chi connectivity index (χ0n) is 12.9. The lowest BCUT2D eigenvalue weighted by molar-refractivity contribution is 0.0223. The van der Waals surface area contributed by atoms with E-state index in [0.717, 1.165) is 0 Å². The standard InChI is InChI=1S/C13H20N4O5S/c1-10-14-11(8-13(18)15-10)12-9-22-7-4-17(12)23(19,20)16-2-5-21-6-3-16/h8,12H,2-7,9H2,1H3,(H,14,15,18)/t12-/m1/s1. The third kappa shape index (κ3) is 3.45. The van der Waals surface area contributed by atoms with E-state index in [-0.39, 0.29) is 18.7 Å². The fourth-order valence-corrected chi connectivity index (χ4v) is 4.50. The van der Waals surface area contributed by atoms with Crippen molar-refractivity contribution in [1.29, 1.82) is 0 Å². The molecule has 0 aliphatic carbocycles. The normalized spacial score (nSPS) is 24.7. The molecule has 3 heterocycles. The van der Waals surface area contributed by atoms with E-state index in [2.05, 4.69) is 9.97 Å². The highest BCUT2D eigenvalue weighted by Crippen LogP contribution is 2.27. The van der Waals surface area contributed by atoms with Crippen molar-refractivity contribution in [3.8, 4) is 0 Å². The van der Waals surface area contributed by atoms with Gasteiger partial charge in [-0.15, -0.1) is 0 Å². The maximum atomic E-state index is 12.9. The van der Waals surface area contributed by atoms with Crippen LogP contribution in [0.1, 0.15) is 17.6 Å². The van der Waals surface area contributed by atoms with Crippen LogP contribution in [0.2, 0.25) is 0 Å². The number of rotatable bonds is 3. The quantitative estimate of drug-likeness (QED) is 0.756. The summed E-state index contributed by atoms with van der Waals surface area (Å²) in [6.45, 7) is 3.82. The molecule has 0 amide bonds. The lowest BCUT2D eigenvalue weighted by Crippen LogP contribution is -2.53. The van der Waals surface area contributed by atoms with Gasteiger partial charge in [-0.3, -0.25) is 4.79 Å². The van der Waals surface area contributed by atoms with Crippen molar-refractivity contribution >= 4 is 10.2 Å². The number of H-pyrrole nitrogens is 1. The Morgan fingerprint density at radius 1 is 1.22 bits per heavy atom. The first kappa shape index (κ1) is 16.5. The van der Waals surface area contributed by atoms with E-state index in [1.165, 1.54) is 14.7 Å². The Bertz CT molecular complexity index is 713. The maximum absolute atomic E-state index is 12.9. The van der Waals surface area contributed by atoms with Crippen molar-refractivity contribution in [2.75, 3.05) is 46.1 Å². The molecule has 2 aliphatic heterocycles. The number of hydrogen-bond acceptors (Lipinski definition) is 6. The van der Waals surface area contributed by atoms with Gasteiger partial charge >= 0.3 is 0 Å². The zero-order valence-corrected chi connectivity index (χ0v) is 13.7. The van der Waals surface area contributed by atoms with Gasteiger partial charge in [0.2, 0.25) is 0 Å². The molecule has 0 unspecified atom stereocenters. The third-order valence-electron chi connectivity index (χ3n) is 3.89. The number of aromatic amines is 1. The molecular formula is C13H20N4O5S. The number of hydrogen-bond donors (Lipinski definition) is 1. The maximum Gasteiger partial charge on any atom is 0.282 e. The van der Waals surface area contributed by atoms with Gasteiger partial charge in [-0.05, 0) is 6.92 Å². The van der Waals surface area contributed by atoms with Gasteiger partial charge in [0.1, 0.15) is 5.82 Å². The molecule has 2 aliphatic rings. The molecule has 3 rings (SSSR count). The Morgan fingerprint density at radius 3 is 2.61 bits per heavy atom. The van der Waals surface area contributed by atoms with Crippen LogP contribution in [-0.2, 0) is 19.7 Å². The van der Waals surface area contributed by atoms with Gasteiger partial charge in [-0.1, -0.05) is 0 Å². The molecule has 1 N–H and O–H groups in total. The number of nitrogens with zero attached hydrogens (tertiary/aromatic N) is 3. The van der Waals surface area contributed by atoms with Gasteiger partial charge < -0.3 is 14.5 Å². The second kappa shape index (κ2) is 6.65. The Morgan fingerprint density at radius 2 is 1.91 bits per heavy atom. The molecule has 10 heteroatoms. The number of aromatic nitrogens is 2. The highest BCUT2D eigenvalue weighted by atomic mass is 32.2. The van der Waals surface area contributed by atoms with Crippen LogP contribution >= 0.6 is 0 Å². The number of morpholine rings is 2. The van der Waals surface area contributed by atoms with E-state index >= 15 is 0 Å². The second-order valence-electron chi connectivity index (χ2n) is 5.48. The third-order valence-corrected chi connectivity index (χ3v) is 5.94. The minimum atomic E-state index is -3.65. The lowest BCUT2D eigenvalue weighted by Gasteiger charge is -2.38. The monoisotopic (exact) mass is 344 g/mol. The predicted octanol–water partition coefficient (Wildman–Crippen LogP) is -0.971. The topological polar surface area (TPSA) is 105 Å². The van der Waals surface area contributed by atoms with Gasteiger partial charge in [0, 0.05) is 25.7 Å². The Balaban J connectivity index is 1.93. The van der Waals surface area contributed by atoms with Gasteiger partial charge in [0.05, 0.1) is 38.2 Å². The molecule has 0 bridgehead atoms. The highest BCUT2D eigenvalue weighted by Gasteiger charge is 2.39. The lowest BCUT2D eigenvalue weighted by atomic mass is 10.2. The molecule has 9 nitrogen and oxygen atoms in total. The van der Waals surface area contributed by atoms with Crippen molar-refractivity contribution in [1.82, 2.24) is 18.6 Å². The van der Waals surface area contributed by atoms with E-state index in [1.54, 1.807) is 6.92 Å². The summed E-state index contributed by atoms with van der Waals surface area (Å²) in [5.41, 5.74) is 0.101. The Labute approximate surface area is 134 Å². The van der Waals surface area contributed by atoms with Crippen LogP contribution in [0.25, 0.3) is 0 Å². The number of ether oxygens (including phenoxy) is 2. The van der Waals surface area contributed by atoms with Crippen LogP contribution in [0.3, 0.4) is 0 Å². The molecule has 23 heavy (non-hydrogen) atoms. The number of aryl methyl sites for hydroxylation is 1. The average molecular weight is 344 g/mol. The van der Waals surface area contributed by atoms with Crippen LogP contribution in [0, 0.1) is 6.92 Å². The van der Waals surface area contributed by atoms with Crippen LogP contribution < -0.4 is 5.56 Å². The second-order valence-corrected chi connectivity index (χ2v) is 7.36. The van der Waals surface area contributed by atoms with E-state index < -0.39 is 16.3 Å². The SMILES string of the molecule is Cc1nc([C@H]2COCCN2S(=O)(=O)N2CCOCC2)cc(=O)[nH]1. The van der Waals surface area contributed by atoms with Crippen molar-refractivity contribution in [2.24, 2.45) is 0 Å². The molecule has 0 aromatic carbocycles. The van der Waals surface area contributed by atoms with E-state index in [0.29, 0.717) is 44.4 Å². The van der Waals surface area contributed by atoms with Crippen molar-refractivity contribution in [2.45, 2.75) is 13.0 Å². The minimum absolute atomic E-state index is 0.180. The minimum Gasteiger partial charge on any atom is -0.379 e. The first-order valence-electron chi connectivity index (χ1n) is 7.49. The van der Waals surface area contributed by atoms with Crippen LogP contribution in [0.15, 0.2) is 10.9 Å². The van der Waals surface area contributed by atoms with Crippen molar-refractivity contribution in [3.63, 3.8) is 0 Å². The molecule has 0 spiro atoms. The summed E-state index contributed by atoms with van der Waals surface area (Å²) in [5, 5.41) is 0. The molecule has 2 fully saturated rings.